The van der Waals surface area contributed by atoms with Crippen molar-refractivity contribution >= 4 is 80.1 Å². The van der Waals surface area contributed by atoms with Crippen LogP contribution in [0.5, 0.6) is 46.0 Å². The number of amides is 1. The van der Waals surface area contributed by atoms with E-state index in [-0.39, 0.29) is 56.4 Å². The lowest BCUT2D eigenvalue weighted by molar-refractivity contribution is 0.0517. The average Bonchev–Trinajstić information content (AvgIpc) is 1.62. The maximum Gasteiger partial charge on any atom is 0.340 e. The molecule has 0 saturated carbocycles. The Morgan fingerprint density at radius 2 is 0.786 bits per heavy atom. The number of carbonyl (C=O) groups excluding carboxylic acids is 3. The number of para-hydroxylation sites is 1. The molecule has 684 valence electrons. The first kappa shape index (κ1) is 93.0. The number of aliphatic hydroxyl groups is 7. The number of ether oxygens (including phenoxy) is 10. The first-order valence-electron chi connectivity index (χ1n) is 42.8. The Labute approximate surface area is 771 Å². The third-order valence-electron chi connectivity index (χ3n) is 22.9. The Morgan fingerprint density at radius 3 is 1.11 bits per heavy atom. The number of carboxylic acids is 1. The number of nitrogens with one attached hydrogen (secondary N) is 2. The van der Waals surface area contributed by atoms with E-state index in [1.807, 2.05) is 179 Å². The van der Waals surface area contributed by atoms with Crippen LogP contribution in [0.15, 0.2) is 186 Å². The van der Waals surface area contributed by atoms with E-state index in [0.29, 0.717) is 108 Å². The van der Waals surface area contributed by atoms with Crippen molar-refractivity contribution < 1.29 is 107 Å². The van der Waals surface area contributed by atoms with Gasteiger partial charge < -0.3 is 117 Å². The van der Waals surface area contributed by atoms with Crippen LogP contribution in [0.3, 0.4) is 0 Å². The van der Waals surface area contributed by atoms with Crippen molar-refractivity contribution in [2.75, 3.05) is 94.5 Å². The number of aliphatic hydroxyl groups excluding tert-OH is 7. The summed E-state index contributed by atoms with van der Waals surface area (Å²) in [5.74, 6) is 2.50. The van der Waals surface area contributed by atoms with Crippen LogP contribution in [0, 0.1) is 0 Å². The zero-order valence-corrected chi connectivity index (χ0v) is 76.3. The van der Waals surface area contributed by atoms with Gasteiger partial charge in [0.2, 0.25) is 0 Å². The van der Waals surface area contributed by atoms with Gasteiger partial charge in [-0.25, -0.2) is 14.4 Å². The van der Waals surface area contributed by atoms with E-state index in [0.717, 1.165) is 154 Å². The van der Waals surface area contributed by atoms with Crippen LogP contribution < -0.4 is 43.2 Å². The fourth-order valence-electron chi connectivity index (χ4n) is 16.9. The SMILES string of the molecule is C=CCOc1cc2c(cc1OC)CCn1c-2cc(C(=O)OCC)c1-c1cccs1.CCOC(=O)c1cc2n(c1-c1cccs1)CCc1cc(OC)c(OCC(O)CO)cc1-2.COc1cc2c(cc1OCC(O)CO)-c1cc(C(=O)N[C@@H](CO)Cc3c[nH]c4ccccc34)c(-c3cccs3)n1CC2.COc1cc2c(cc1OCC(O)CO)-c1cc(C(=O)O)c(-c3cccs3)n1CC2. The van der Waals surface area contributed by atoms with Crippen LogP contribution in [0.1, 0.15) is 83.1 Å². The second-order valence-corrected chi connectivity index (χ2v) is 34.8. The molecule has 5 aromatic carbocycles. The highest BCUT2D eigenvalue weighted by Crippen LogP contribution is 2.50. The van der Waals surface area contributed by atoms with Gasteiger partial charge in [-0.05, 0) is 198 Å². The molecule has 4 aliphatic heterocycles. The lowest BCUT2D eigenvalue weighted by Gasteiger charge is -2.23. The number of hydrogen-bond acceptors (Lipinski definition) is 25. The van der Waals surface area contributed by atoms with Gasteiger partial charge in [0.1, 0.15) is 44.7 Å². The van der Waals surface area contributed by atoms with E-state index < -0.39 is 43.5 Å². The number of aromatic nitrogens is 5. The Balaban J connectivity index is 0.000000136. The van der Waals surface area contributed by atoms with Gasteiger partial charge in [0.05, 0.1) is 139 Å². The smallest absolute Gasteiger partial charge is 0.340 e. The molecule has 10 N–H and O–H groups in total. The van der Waals surface area contributed by atoms with Crippen molar-refractivity contribution in [2.24, 2.45) is 0 Å². The van der Waals surface area contributed by atoms with Gasteiger partial charge in [0, 0.05) is 88.3 Å². The number of methoxy groups -OCH3 is 4. The highest BCUT2D eigenvalue weighted by molar-refractivity contribution is 7.14. The van der Waals surface area contributed by atoms with Crippen LogP contribution in [0.2, 0.25) is 0 Å². The number of benzene rings is 5. The molecule has 18 rings (SSSR count). The van der Waals surface area contributed by atoms with Gasteiger partial charge in [-0.1, -0.05) is 55.1 Å². The van der Waals surface area contributed by atoms with Crippen molar-refractivity contribution in [1.29, 1.82) is 0 Å². The zero-order chi connectivity index (χ0) is 92.1. The summed E-state index contributed by atoms with van der Waals surface area (Å²) in [6.45, 7) is 9.62. The highest BCUT2D eigenvalue weighted by atomic mass is 32.1. The summed E-state index contributed by atoms with van der Waals surface area (Å²) in [4.78, 5) is 58.5. The number of rotatable bonds is 33. The molecule has 3 unspecified atom stereocenters. The number of esters is 2. The molecule has 0 radical (unpaired) electrons. The number of aryl methyl sites for hydroxylation is 4. The zero-order valence-electron chi connectivity index (χ0n) is 73.0. The van der Waals surface area contributed by atoms with Crippen molar-refractivity contribution in [1.82, 2.24) is 28.6 Å². The summed E-state index contributed by atoms with van der Waals surface area (Å²) >= 11 is 6.28. The van der Waals surface area contributed by atoms with Crippen LogP contribution in [-0.2, 0) is 67.8 Å². The Kier molecular flexibility index (Phi) is 30.1. The molecule has 4 atom stereocenters. The van der Waals surface area contributed by atoms with Gasteiger partial charge in [0.15, 0.2) is 46.0 Å². The normalized spacial score (nSPS) is 13.2. The molecule has 0 saturated heterocycles. The maximum atomic E-state index is 13.9. The molecular weight excluding hydrogens is 1750 g/mol. The number of H-pyrrole nitrogens is 1. The van der Waals surface area contributed by atoms with Gasteiger partial charge >= 0.3 is 17.9 Å². The molecule has 14 aromatic rings. The lowest BCUT2D eigenvalue weighted by Crippen LogP contribution is -2.39. The molecule has 1 amide bonds. The number of fused-ring (bicyclic) bond motifs is 13. The van der Waals surface area contributed by atoms with Crippen LogP contribution in [0.4, 0.5) is 0 Å². The van der Waals surface area contributed by atoms with E-state index in [2.05, 4.69) is 30.6 Å². The molecule has 0 bridgehead atoms. The number of nitrogens with zero attached hydrogens (tertiary/aromatic N) is 4. The monoisotopic (exact) mass is 1850 g/mol. The Bertz CT molecular complexity index is 6380. The minimum absolute atomic E-state index is 0.0544. The molecule has 32 heteroatoms. The minimum Gasteiger partial charge on any atom is -0.493 e. The van der Waals surface area contributed by atoms with Gasteiger partial charge in [-0.15, -0.1) is 45.3 Å². The van der Waals surface area contributed by atoms with Crippen LogP contribution in [0.25, 0.3) is 98.2 Å². The highest BCUT2D eigenvalue weighted by Gasteiger charge is 2.35. The van der Waals surface area contributed by atoms with E-state index in [4.69, 9.17) is 57.6 Å². The number of aromatic amines is 1. The third kappa shape index (κ3) is 19.8. The molecular formula is C99H102N6O22S4. The molecule has 0 aliphatic carbocycles. The van der Waals surface area contributed by atoms with Crippen molar-refractivity contribution in [3.8, 4) is 133 Å². The van der Waals surface area contributed by atoms with Crippen molar-refractivity contribution in [3.63, 3.8) is 0 Å². The minimum atomic E-state index is -1.01. The summed E-state index contributed by atoms with van der Waals surface area (Å²) in [5, 5.41) is 88.5. The largest absolute Gasteiger partial charge is 0.493 e. The topological polar surface area (TPSA) is 370 Å². The predicted molar refractivity (Wildman–Crippen MR) is 504 cm³/mol. The first-order valence-corrected chi connectivity index (χ1v) is 46.3. The number of hydrogen-bond donors (Lipinski definition) is 10. The molecule has 4 aliphatic rings. The first-order chi connectivity index (χ1) is 63.8. The van der Waals surface area contributed by atoms with Gasteiger partial charge in [0.25, 0.3) is 5.91 Å². The molecule has 0 spiro atoms. The summed E-state index contributed by atoms with van der Waals surface area (Å²) in [5.41, 5.74) is 19.0. The van der Waals surface area contributed by atoms with E-state index in [1.54, 1.807) is 81.5 Å². The van der Waals surface area contributed by atoms with E-state index in [9.17, 15) is 49.8 Å². The van der Waals surface area contributed by atoms with E-state index >= 15 is 0 Å². The van der Waals surface area contributed by atoms with Gasteiger partial charge in [-0.3, -0.25) is 4.79 Å². The summed E-state index contributed by atoms with van der Waals surface area (Å²) in [7, 11) is 6.31. The van der Waals surface area contributed by atoms with Crippen LogP contribution in [-0.4, -0.2) is 207 Å². The van der Waals surface area contributed by atoms with Crippen molar-refractivity contribution in [2.45, 2.75) is 96.5 Å². The average molecular weight is 1860 g/mol. The predicted octanol–water partition coefficient (Wildman–Crippen LogP) is 15.4. The molecule has 13 heterocycles. The van der Waals surface area contributed by atoms with Crippen LogP contribution >= 0.6 is 45.3 Å². The summed E-state index contributed by atoms with van der Waals surface area (Å²) < 4.78 is 64.2. The number of carbonyl (C=O) groups is 4. The second kappa shape index (κ2) is 42.5. The third-order valence-corrected chi connectivity index (χ3v) is 26.4. The number of carboxylic acid groups (broad SMARTS) is 1. The summed E-state index contributed by atoms with van der Waals surface area (Å²) in [6.07, 6.45) is 4.19. The van der Waals surface area contributed by atoms with Gasteiger partial charge in [-0.2, -0.15) is 0 Å². The lowest BCUT2D eigenvalue weighted by atomic mass is 9.97. The summed E-state index contributed by atoms with van der Waals surface area (Å²) in [6, 6.07) is 46.1. The Hall–Kier alpha value is -12.7. The number of thiophene rings is 4. The second-order valence-electron chi connectivity index (χ2n) is 31.0. The standard InChI is InChI=1S/C32H33N3O6S.C23H25NO6S.C23H23NO4S.C21H21NO6S/c1-40-28-12-19-8-9-35-27(24(19)14-29(28)41-18-22(38)17-37)13-25(31(35)30-7-4-10-42-30)32(39)34-21(16-36)11-20-15-33-26-6-3-2-5-23(20)26;1-3-29-23(27)17-10-18-16-11-20(30-13-15(26)12-25)19(28-2)9-14(16)6-7-24(18)22(17)21-5-4-8-31-21;1-4-10-28-20-14-16-15(12-19(20)26-3)8-9-24-18(16)13-17(23(25)27-5-2)22(24)21-7-6-11-29-21;1-27-17-7-12-4-5-22-16(14(12)9-18(17)28-11-13(24)10-23)8-15(21(25)26)20(22)19-3-2-6-29-19/h2-7,10,12-15,21-22,33,36-38H,8-9,11,16-18H2,1H3,(H,34,39);4-5,8-11,15,25-26H,3,6-7,12-13H2,1-2H3;4,6-7,11-14H,1,5,8-10H2,2-3H3;2-3,6-9,13,23-24H,4-5,10-11H2,1H3,(H,25,26)/t21-,22?;;;/m1.../s1. The molecule has 0 fully saturated rings. The molecule has 131 heavy (non-hydrogen) atoms. The molecule has 28 nitrogen and oxygen atoms in total. The maximum absolute atomic E-state index is 13.9. The molecule has 9 aromatic heterocycles. The Morgan fingerprint density at radius 1 is 0.443 bits per heavy atom. The van der Waals surface area contributed by atoms with Crippen molar-refractivity contribution in [3.05, 3.63) is 236 Å². The fraction of sp³-hybridized carbons (Fsp3) is 0.293. The quantitative estimate of drug-likeness (QED) is 0.0135. The fourth-order valence-corrected chi connectivity index (χ4v) is 20.0. The van der Waals surface area contributed by atoms with E-state index in [1.165, 1.54) is 16.9 Å². The number of aromatic carboxylic acids is 1.